The van der Waals surface area contributed by atoms with Crippen molar-refractivity contribution in [1.82, 2.24) is 25.4 Å². The predicted molar refractivity (Wildman–Crippen MR) is 180 cm³/mol. The molecule has 0 unspecified atom stereocenters. The highest BCUT2D eigenvalue weighted by Crippen LogP contribution is 2.32. The van der Waals surface area contributed by atoms with Crippen LogP contribution in [0.3, 0.4) is 0 Å². The van der Waals surface area contributed by atoms with E-state index in [0.29, 0.717) is 36.8 Å². The van der Waals surface area contributed by atoms with Gasteiger partial charge in [0.2, 0.25) is 5.91 Å². The molecule has 0 bridgehead atoms. The maximum absolute atomic E-state index is 14.2. The summed E-state index contributed by atoms with van der Waals surface area (Å²) in [6.45, 7) is 5.94. The zero-order chi connectivity index (χ0) is 32.1. The summed E-state index contributed by atoms with van der Waals surface area (Å²) in [7, 11) is 5.48. The highest BCUT2D eigenvalue weighted by atomic mass is 16.2. The molecule has 0 radical (unpaired) electrons. The van der Waals surface area contributed by atoms with Crippen LogP contribution in [0.25, 0.3) is 10.9 Å². The van der Waals surface area contributed by atoms with E-state index in [9.17, 15) is 14.4 Å². The van der Waals surface area contributed by atoms with E-state index in [-0.39, 0.29) is 23.8 Å². The minimum Gasteiger partial charge on any atom is -0.361 e. The van der Waals surface area contributed by atoms with E-state index in [0.717, 1.165) is 34.9 Å². The van der Waals surface area contributed by atoms with Crippen LogP contribution in [0.5, 0.6) is 0 Å². The number of rotatable bonds is 9. The summed E-state index contributed by atoms with van der Waals surface area (Å²) in [5.41, 5.74) is 6.21. The second-order valence-corrected chi connectivity index (χ2v) is 12.3. The molecule has 2 atom stereocenters. The van der Waals surface area contributed by atoms with Gasteiger partial charge in [0.15, 0.2) is 0 Å². The van der Waals surface area contributed by atoms with Gasteiger partial charge in [0, 0.05) is 49.7 Å². The minimum absolute atomic E-state index is 0.266. The number of urea groups is 1. The molecular weight excluding hydrogens is 564 g/mol. The van der Waals surface area contributed by atoms with Crippen molar-refractivity contribution in [3.05, 3.63) is 101 Å². The van der Waals surface area contributed by atoms with E-state index in [2.05, 4.69) is 52.1 Å². The Morgan fingerprint density at radius 1 is 1.00 bits per heavy atom. The van der Waals surface area contributed by atoms with E-state index < -0.39 is 6.04 Å². The number of aryl methyl sites for hydroxylation is 1. The molecule has 4 N–H and O–H groups in total. The minimum atomic E-state index is -0.902. The molecule has 236 valence electrons. The molecule has 4 aromatic rings. The first-order chi connectivity index (χ1) is 21.7. The molecule has 0 aliphatic carbocycles. The van der Waals surface area contributed by atoms with Crippen LogP contribution in [0.15, 0.2) is 72.9 Å². The first-order valence-electron chi connectivity index (χ1n) is 15.6. The zero-order valence-electron chi connectivity index (χ0n) is 26.8. The summed E-state index contributed by atoms with van der Waals surface area (Å²) >= 11 is 0. The maximum atomic E-state index is 14.2. The monoisotopic (exact) mass is 608 g/mol. The third-order valence-electron chi connectivity index (χ3n) is 8.90. The fourth-order valence-corrected chi connectivity index (χ4v) is 6.43. The van der Waals surface area contributed by atoms with Crippen LogP contribution < -0.4 is 16.0 Å². The Morgan fingerprint density at radius 3 is 2.42 bits per heavy atom. The van der Waals surface area contributed by atoms with Crippen LogP contribution in [-0.4, -0.2) is 72.9 Å². The van der Waals surface area contributed by atoms with Crippen LogP contribution in [0.2, 0.25) is 0 Å². The molecule has 1 aliphatic rings. The number of nitrogens with one attached hydrogen (secondary N) is 4. The predicted octanol–water partition coefficient (Wildman–Crippen LogP) is 5.60. The fourth-order valence-electron chi connectivity index (χ4n) is 6.43. The van der Waals surface area contributed by atoms with Gasteiger partial charge in [-0.05, 0) is 80.2 Å². The highest BCUT2D eigenvalue weighted by molar-refractivity contribution is 6.06. The lowest BCUT2D eigenvalue weighted by molar-refractivity contribution is -0.118. The van der Waals surface area contributed by atoms with Gasteiger partial charge >= 0.3 is 6.03 Å². The van der Waals surface area contributed by atoms with Gasteiger partial charge in [-0.3, -0.25) is 9.59 Å². The van der Waals surface area contributed by atoms with Crippen molar-refractivity contribution in [3.8, 4) is 0 Å². The van der Waals surface area contributed by atoms with Gasteiger partial charge in [-0.25, -0.2) is 4.79 Å². The Labute approximate surface area is 265 Å². The number of likely N-dealkylation sites (tertiary alicyclic amines) is 1. The Morgan fingerprint density at radius 2 is 1.71 bits per heavy atom. The Balaban J connectivity index is 1.40. The van der Waals surface area contributed by atoms with E-state index in [4.69, 9.17) is 0 Å². The SMILES string of the molecule is CNC(=O)c1ccc(CN(C)C)cc1NC(=O)[C@H](NC(=O)N1CCC(c2ccccc2C)CC1)[C@@H](C)c1c[nH]c2ccccc12. The Hall–Kier alpha value is -4.63. The average Bonchev–Trinajstić information content (AvgIpc) is 3.47. The van der Waals surface area contributed by atoms with E-state index in [1.807, 2.05) is 73.4 Å². The lowest BCUT2D eigenvalue weighted by atomic mass is 9.87. The lowest BCUT2D eigenvalue weighted by Gasteiger charge is -2.34. The Kier molecular flexibility index (Phi) is 9.88. The van der Waals surface area contributed by atoms with Gasteiger partial charge in [0.25, 0.3) is 5.91 Å². The van der Waals surface area contributed by atoms with Gasteiger partial charge in [-0.1, -0.05) is 55.5 Å². The van der Waals surface area contributed by atoms with Gasteiger partial charge in [-0.15, -0.1) is 0 Å². The van der Waals surface area contributed by atoms with Gasteiger partial charge in [0.1, 0.15) is 6.04 Å². The number of carbonyl (C=O) groups is 3. The van der Waals surface area contributed by atoms with Crippen LogP contribution in [0, 0.1) is 6.92 Å². The lowest BCUT2D eigenvalue weighted by Crippen LogP contribution is -2.53. The average molecular weight is 609 g/mol. The number of hydrogen-bond donors (Lipinski definition) is 4. The van der Waals surface area contributed by atoms with Crippen molar-refractivity contribution in [1.29, 1.82) is 0 Å². The number of anilines is 1. The van der Waals surface area contributed by atoms with Crippen molar-refractivity contribution < 1.29 is 14.4 Å². The molecule has 5 rings (SSSR count). The first-order valence-corrected chi connectivity index (χ1v) is 15.6. The fraction of sp³-hybridized carbons (Fsp3) is 0.361. The number of piperidine rings is 1. The standard InChI is InChI=1S/C36H44N6O3/c1-23-10-6-7-11-27(23)26-16-18-42(19-17-26)36(45)40-33(24(2)30-21-38-31-13-9-8-12-28(30)31)35(44)39-32-20-25(22-41(4)5)14-15-29(32)34(43)37-3/h6-15,20-21,24,26,33,38H,16-19,22H2,1-5H3,(H,37,43)(H,39,44)(H,40,45)/t24-,33+/m0/s1. The first kappa shape index (κ1) is 31.8. The largest absolute Gasteiger partial charge is 0.361 e. The molecule has 1 saturated heterocycles. The second-order valence-electron chi connectivity index (χ2n) is 12.3. The number of aromatic nitrogens is 1. The summed E-state index contributed by atoms with van der Waals surface area (Å²) < 4.78 is 0. The van der Waals surface area contributed by atoms with Crippen molar-refractivity contribution in [2.24, 2.45) is 0 Å². The number of carbonyl (C=O) groups excluding carboxylic acids is 3. The number of fused-ring (bicyclic) bond motifs is 1. The summed E-state index contributed by atoms with van der Waals surface area (Å²) in [5, 5.41) is 9.76. The topological polar surface area (TPSA) is 110 Å². The molecule has 9 heteroatoms. The third-order valence-corrected chi connectivity index (χ3v) is 8.90. The van der Waals surface area contributed by atoms with Gasteiger partial charge in [0.05, 0.1) is 11.3 Å². The van der Waals surface area contributed by atoms with Crippen LogP contribution in [0.1, 0.15) is 64.2 Å². The molecule has 45 heavy (non-hydrogen) atoms. The highest BCUT2D eigenvalue weighted by Gasteiger charge is 2.33. The smallest absolute Gasteiger partial charge is 0.318 e. The summed E-state index contributed by atoms with van der Waals surface area (Å²) in [5.74, 6) is -0.661. The zero-order valence-corrected chi connectivity index (χ0v) is 26.8. The molecule has 1 aliphatic heterocycles. The molecule has 0 saturated carbocycles. The molecule has 3 aromatic carbocycles. The number of para-hydroxylation sites is 1. The Bertz CT molecular complexity index is 1670. The molecule has 1 aromatic heterocycles. The summed E-state index contributed by atoms with van der Waals surface area (Å²) in [4.78, 5) is 47.8. The van der Waals surface area contributed by atoms with Crippen molar-refractivity contribution in [3.63, 3.8) is 0 Å². The number of benzene rings is 3. The van der Waals surface area contributed by atoms with Gasteiger partial charge < -0.3 is 30.7 Å². The quantitative estimate of drug-likeness (QED) is 0.198. The van der Waals surface area contributed by atoms with E-state index in [1.165, 1.54) is 11.1 Å². The second kappa shape index (κ2) is 14.0. The number of H-pyrrole nitrogens is 1. The van der Waals surface area contributed by atoms with Crippen molar-refractivity contribution >= 4 is 34.4 Å². The van der Waals surface area contributed by atoms with E-state index >= 15 is 0 Å². The summed E-state index contributed by atoms with van der Waals surface area (Å²) in [6, 6.07) is 20.6. The molecule has 1 fully saturated rings. The number of nitrogens with zero attached hydrogens (tertiary/aromatic N) is 2. The van der Waals surface area contributed by atoms with Crippen LogP contribution in [0.4, 0.5) is 10.5 Å². The summed E-state index contributed by atoms with van der Waals surface area (Å²) in [6.07, 6.45) is 3.63. The molecule has 4 amide bonds. The van der Waals surface area contributed by atoms with Crippen molar-refractivity contribution in [2.75, 3.05) is 39.5 Å². The van der Waals surface area contributed by atoms with Gasteiger partial charge in [-0.2, -0.15) is 0 Å². The normalized spacial score (nSPS) is 15.1. The third kappa shape index (κ3) is 7.20. The maximum Gasteiger partial charge on any atom is 0.318 e. The van der Waals surface area contributed by atoms with Crippen LogP contribution >= 0.6 is 0 Å². The van der Waals surface area contributed by atoms with E-state index in [1.54, 1.807) is 13.1 Å². The molecular formula is C36H44N6O3. The number of amides is 4. The molecule has 0 spiro atoms. The van der Waals surface area contributed by atoms with Crippen molar-refractivity contribution in [2.45, 2.75) is 51.1 Å². The van der Waals surface area contributed by atoms with Crippen LogP contribution in [-0.2, 0) is 11.3 Å². The molecule has 9 nitrogen and oxygen atoms in total. The molecule has 2 heterocycles. The number of aromatic amines is 1. The number of hydrogen-bond acceptors (Lipinski definition) is 4.